The third-order valence-electron chi connectivity index (χ3n) is 15.5. The van der Waals surface area contributed by atoms with E-state index in [1.165, 1.54) is 16.7 Å². The topological polar surface area (TPSA) is 47.4 Å². The summed E-state index contributed by atoms with van der Waals surface area (Å²) < 4.78 is 6.51. The summed E-state index contributed by atoms with van der Waals surface area (Å²) in [5, 5.41) is 0. The minimum Gasteiger partial charge on any atom is -0.485 e. The number of fused-ring (bicyclic) bond motifs is 3. The highest BCUT2D eigenvalue weighted by Gasteiger charge is 2.38. The van der Waals surface area contributed by atoms with Gasteiger partial charge in [0.15, 0.2) is 0 Å². The maximum atomic E-state index is 6.51. The lowest BCUT2D eigenvalue weighted by Crippen LogP contribution is -2.26. The van der Waals surface area contributed by atoms with E-state index in [1.54, 1.807) is 0 Å². The summed E-state index contributed by atoms with van der Waals surface area (Å²) >= 11 is 0. The second-order valence-corrected chi connectivity index (χ2v) is 20.2. The van der Waals surface area contributed by atoms with Crippen LogP contribution in [0.5, 0.6) is 5.75 Å². The van der Waals surface area contributed by atoms with Crippen molar-refractivity contribution in [2.45, 2.75) is 12.0 Å². The van der Waals surface area contributed by atoms with Crippen molar-refractivity contribution in [1.29, 1.82) is 0 Å². The Hall–Kier alpha value is -10.3. The van der Waals surface area contributed by atoms with Crippen molar-refractivity contribution >= 4 is 5.71 Å². The number of aliphatic imine (C=N–C) groups is 1. The number of benzene rings is 10. The highest BCUT2D eigenvalue weighted by atomic mass is 16.5. The van der Waals surface area contributed by atoms with Gasteiger partial charge in [-0.15, -0.1) is 0 Å². The molecule has 0 spiro atoms. The van der Waals surface area contributed by atoms with Crippen LogP contribution in [-0.4, -0.2) is 21.8 Å². The van der Waals surface area contributed by atoms with Crippen LogP contribution < -0.4 is 4.74 Å². The molecule has 0 fully saturated rings. The molecule has 79 heavy (non-hydrogen) atoms. The Kier molecular flexibility index (Phi) is 12.4. The van der Waals surface area contributed by atoms with Crippen LogP contribution >= 0.6 is 0 Å². The van der Waals surface area contributed by atoms with Crippen LogP contribution in [0.2, 0.25) is 0 Å². The van der Waals surface area contributed by atoms with Crippen LogP contribution in [0.3, 0.4) is 0 Å². The number of pyridine rings is 2. The molecule has 10 aromatic carbocycles. The molecule has 0 amide bonds. The SMILES string of the molecule is C1=CC2Oc3ccccc3C2C(c2ccc(-c3ccccc3-c3cc(-c4ccccc4-c4ccc(-c5ccccn5)cc4)cc(-c4ccccc4-c4ccc(-c5ccccn5)cc4)c3)c(-c3ccc(-c4ccccc4)cc3)c2)=N1. The summed E-state index contributed by atoms with van der Waals surface area (Å²) in [6, 6.07) is 98.3. The number of nitrogens with zero attached hydrogens (tertiary/aromatic N) is 3. The van der Waals surface area contributed by atoms with Crippen LogP contribution in [0.15, 0.2) is 303 Å². The fraction of sp³-hybridized carbons (Fsp3) is 0.0267. The number of ether oxygens (including phenoxy) is 1. The minimum absolute atomic E-state index is 0.0165. The summed E-state index contributed by atoms with van der Waals surface area (Å²) in [6.07, 6.45) is 7.57. The summed E-state index contributed by atoms with van der Waals surface area (Å²) in [5.74, 6) is 0.903. The van der Waals surface area contributed by atoms with Crippen LogP contribution in [0, 0.1) is 0 Å². The monoisotopic (exact) mass is 1010 g/mol. The van der Waals surface area contributed by atoms with Crippen molar-refractivity contribution in [3.63, 3.8) is 0 Å². The predicted molar refractivity (Wildman–Crippen MR) is 326 cm³/mol. The zero-order valence-corrected chi connectivity index (χ0v) is 43.2. The van der Waals surface area contributed by atoms with Gasteiger partial charge in [0, 0.05) is 35.3 Å². The van der Waals surface area contributed by atoms with Crippen molar-refractivity contribution in [3.05, 3.63) is 309 Å². The predicted octanol–water partition coefficient (Wildman–Crippen LogP) is 19.0. The van der Waals surface area contributed by atoms with Crippen molar-refractivity contribution < 1.29 is 4.74 Å². The summed E-state index contributed by atoms with van der Waals surface area (Å²) in [7, 11) is 0. The highest BCUT2D eigenvalue weighted by molar-refractivity contribution is 6.09. The molecule has 0 N–H and O–H groups in total. The Morgan fingerprint density at radius 3 is 1.23 bits per heavy atom. The van der Waals surface area contributed by atoms with Crippen LogP contribution in [-0.2, 0) is 0 Å². The fourth-order valence-electron chi connectivity index (χ4n) is 11.6. The average Bonchev–Trinajstić information content (AvgIpc) is 3.97. The van der Waals surface area contributed by atoms with Gasteiger partial charge in [0.25, 0.3) is 0 Å². The van der Waals surface area contributed by atoms with Gasteiger partial charge in [-0.3, -0.25) is 15.0 Å². The van der Waals surface area contributed by atoms with Crippen molar-refractivity contribution in [2.75, 3.05) is 0 Å². The minimum atomic E-state index is -0.118. The molecule has 4 heterocycles. The van der Waals surface area contributed by atoms with Gasteiger partial charge >= 0.3 is 0 Å². The Labute approximate surface area is 461 Å². The normalized spacial score (nSPS) is 14.2. The maximum Gasteiger partial charge on any atom is 0.131 e. The van der Waals surface area contributed by atoms with Crippen LogP contribution in [0.4, 0.5) is 0 Å². The highest BCUT2D eigenvalue weighted by Crippen LogP contribution is 2.47. The van der Waals surface area contributed by atoms with Gasteiger partial charge in [-0.2, -0.15) is 0 Å². The van der Waals surface area contributed by atoms with E-state index >= 15 is 0 Å². The molecule has 2 unspecified atom stereocenters. The molecule has 0 saturated carbocycles. The quantitative estimate of drug-likeness (QED) is 0.130. The molecule has 2 aliphatic heterocycles. The van der Waals surface area contributed by atoms with E-state index in [0.29, 0.717) is 0 Å². The van der Waals surface area contributed by atoms with E-state index in [0.717, 1.165) is 117 Å². The van der Waals surface area contributed by atoms with E-state index in [2.05, 4.69) is 259 Å². The molecule has 0 saturated heterocycles. The Balaban J connectivity index is 0.941. The second-order valence-electron chi connectivity index (χ2n) is 20.2. The molecular formula is C75H51N3O. The Bertz CT molecular complexity index is 4100. The van der Waals surface area contributed by atoms with Gasteiger partial charge in [0.2, 0.25) is 0 Å². The second kappa shape index (κ2) is 20.7. The standard InChI is InChI=1S/C75H51N3O/c1-2-16-50(17-3-1)51-28-30-54(31-29-51)69-49-57(75-74-68-24-10-11-27-72(68)79-73(74)42-45-78-75)40-41-67(69)66-23-9-8-22-65(66)60-47-58(63-20-6-4-18-61(63)52-32-36-55(37-33-52)70-25-12-14-43-76-70)46-59(48-60)64-21-7-5-19-62(64)53-34-38-56(39-35-53)71-26-13-15-44-77-71/h1-49,73-74H. The molecule has 0 radical (unpaired) electrons. The zero-order valence-electron chi connectivity index (χ0n) is 43.2. The van der Waals surface area contributed by atoms with Gasteiger partial charge in [-0.05, 0) is 155 Å². The van der Waals surface area contributed by atoms with Gasteiger partial charge in [-0.1, -0.05) is 218 Å². The van der Waals surface area contributed by atoms with E-state index in [4.69, 9.17) is 9.73 Å². The number of hydrogen-bond acceptors (Lipinski definition) is 4. The first kappa shape index (κ1) is 47.2. The Morgan fingerprint density at radius 2 is 0.684 bits per heavy atom. The lowest BCUT2D eigenvalue weighted by Gasteiger charge is -2.23. The summed E-state index contributed by atoms with van der Waals surface area (Å²) in [5.41, 5.74) is 25.5. The third kappa shape index (κ3) is 9.15. The third-order valence-corrected chi connectivity index (χ3v) is 15.5. The molecular weight excluding hydrogens is 959 g/mol. The molecule has 2 aromatic heterocycles. The van der Waals surface area contributed by atoms with Crippen LogP contribution in [0.25, 0.3) is 112 Å². The molecule has 14 rings (SSSR count). The lowest BCUT2D eigenvalue weighted by molar-refractivity contribution is 0.273. The van der Waals surface area contributed by atoms with E-state index in [9.17, 15) is 0 Å². The first-order chi connectivity index (χ1) is 39.2. The summed E-state index contributed by atoms with van der Waals surface area (Å²) in [6.45, 7) is 0. The van der Waals surface area contributed by atoms with E-state index in [1.807, 2.05) is 48.9 Å². The van der Waals surface area contributed by atoms with Gasteiger partial charge in [0.05, 0.1) is 23.0 Å². The molecule has 12 aromatic rings. The van der Waals surface area contributed by atoms with E-state index in [-0.39, 0.29) is 12.0 Å². The summed E-state index contributed by atoms with van der Waals surface area (Å²) in [4.78, 5) is 14.4. The van der Waals surface area contributed by atoms with Gasteiger partial charge in [0.1, 0.15) is 11.9 Å². The lowest BCUT2D eigenvalue weighted by atomic mass is 9.82. The molecule has 4 nitrogen and oxygen atoms in total. The van der Waals surface area contributed by atoms with Crippen molar-refractivity contribution in [2.24, 2.45) is 4.99 Å². The largest absolute Gasteiger partial charge is 0.485 e. The molecule has 2 atom stereocenters. The first-order valence-electron chi connectivity index (χ1n) is 26.9. The Morgan fingerprint density at radius 1 is 0.278 bits per heavy atom. The smallest absolute Gasteiger partial charge is 0.131 e. The number of para-hydroxylation sites is 1. The number of rotatable bonds is 11. The average molecular weight is 1010 g/mol. The van der Waals surface area contributed by atoms with Gasteiger partial charge < -0.3 is 4.74 Å². The molecule has 4 heteroatoms. The maximum absolute atomic E-state index is 6.51. The molecule has 0 aliphatic carbocycles. The zero-order chi connectivity index (χ0) is 52.5. The van der Waals surface area contributed by atoms with E-state index < -0.39 is 0 Å². The van der Waals surface area contributed by atoms with Gasteiger partial charge in [-0.25, -0.2) is 0 Å². The first-order valence-corrected chi connectivity index (χ1v) is 26.9. The number of hydrogen-bond donors (Lipinski definition) is 0. The van der Waals surface area contributed by atoms with Crippen molar-refractivity contribution in [3.8, 4) is 117 Å². The van der Waals surface area contributed by atoms with Crippen LogP contribution in [0.1, 0.15) is 17.0 Å². The number of aromatic nitrogens is 2. The van der Waals surface area contributed by atoms with Crippen molar-refractivity contribution in [1.82, 2.24) is 9.97 Å². The molecule has 2 aliphatic rings. The molecule has 372 valence electrons. The fourth-order valence-corrected chi connectivity index (χ4v) is 11.6. The molecule has 0 bridgehead atoms.